The first kappa shape index (κ1) is 68.6. The van der Waals surface area contributed by atoms with Crippen LogP contribution in [0.2, 0.25) is 0 Å². The van der Waals surface area contributed by atoms with Gasteiger partial charge in [0.15, 0.2) is 6.10 Å². The van der Waals surface area contributed by atoms with Gasteiger partial charge in [-0.2, -0.15) is 0 Å². The molecule has 1 atom stereocenters. The summed E-state index contributed by atoms with van der Waals surface area (Å²) in [7, 11) is 0. The van der Waals surface area contributed by atoms with Crippen molar-refractivity contribution in [3.63, 3.8) is 0 Å². The van der Waals surface area contributed by atoms with Gasteiger partial charge in [0.05, 0.1) is 0 Å². The molecule has 0 spiro atoms. The maximum absolute atomic E-state index is 12.9. The van der Waals surface area contributed by atoms with Crippen LogP contribution in [0.25, 0.3) is 0 Å². The highest BCUT2D eigenvalue weighted by atomic mass is 16.6. The van der Waals surface area contributed by atoms with Gasteiger partial charge in [-0.25, -0.2) is 0 Å². The van der Waals surface area contributed by atoms with Crippen molar-refractivity contribution in [2.75, 3.05) is 13.2 Å². The summed E-state index contributed by atoms with van der Waals surface area (Å²) in [4.78, 5) is 38.3. The Labute approximate surface area is 445 Å². The fraction of sp³-hybridized carbons (Fsp3) is 0.742. The maximum atomic E-state index is 12.9. The van der Waals surface area contributed by atoms with E-state index in [4.69, 9.17) is 14.2 Å². The zero-order chi connectivity index (χ0) is 52.2. The highest BCUT2D eigenvalue weighted by molar-refractivity contribution is 5.71. The molecule has 0 aliphatic rings. The van der Waals surface area contributed by atoms with E-state index < -0.39 is 6.10 Å². The molecule has 0 rings (SSSR count). The number of carbonyl (C=O) groups is 3. The van der Waals surface area contributed by atoms with Gasteiger partial charge in [0.2, 0.25) is 0 Å². The van der Waals surface area contributed by atoms with Gasteiger partial charge in [-0.3, -0.25) is 14.4 Å². The Kier molecular flexibility index (Phi) is 57.3. The molecule has 0 aliphatic carbocycles. The number of hydrogen-bond acceptors (Lipinski definition) is 6. The molecule has 6 heteroatoms. The Hall–Kier alpha value is -3.41. The van der Waals surface area contributed by atoms with Crippen molar-refractivity contribution in [2.45, 2.75) is 303 Å². The summed E-state index contributed by atoms with van der Waals surface area (Å²) in [5, 5.41) is 0. The molecule has 0 aliphatic heterocycles. The zero-order valence-corrected chi connectivity index (χ0v) is 47.4. The van der Waals surface area contributed by atoms with Gasteiger partial charge in [0, 0.05) is 19.3 Å². The number of rotatable bonds is 55. The topological polar surface area (TPSA) is 78.9 Å². The van der Waals surface area contributed by atoms with Crippen molar-refractivity contribution < 1.29 is 28.6 Å². The van der Waals surface area contributed by atoms with Crippen LogP contribution in [0.15, 0.2) is 85.1 Å². The average molecular weight is 1000 g/mol. The van der Waals surface area contributed by atoms with E-state index in [1.54, 1.807) is 0 Å². The third kappa shape index (κ3) is 57.5. The van der Waals surface area contributed by atoms with Crippen molar-refractivity contribution in [1.29, 1.82) is 0 Å². The van der Waals surface area contributed by atoms with Crippen molar-refractivity contribution in [3.05, 3.63) is 85.1 Å². The normalized spacial score (nSPS) is 12.7. The molecule has 414 valence electrons. The fourth-order valence-electron chi connectivity index (χ4n) is 8.55. The van der Waals surface area contributed by atoms with Crippen LogP contribution >= 0.6 is 0 Å². The first-order chi connectivity index (χ1) is 35.5. The molecule has 72 heavy (non-hydrogen) atoms. The third-order valence-corrected chi connectivity index (χ3v) is 13.1. The second kappa shape index (κ2) is 60.1. The molecule has 0 aromatic rings. The number of allylic oxidation sites excluding steroid dienone is 14. The first-order valence-corrected chi connectivity index (χ1v) is 30.6. The minimum absolute atomic E-state index is 0.0882. The summed E-state index contributed by atoms with van der Waals surface area (Å²) in [6, 6.07) is 0. The molecule has 0 bridgehead atoms. The number of unbranched alkanes of at least 4 members (excludes halogenated alkanes) is 30. The van der Waals surface area contributed by atoms with Crippen molar-refractivity contribution in [1.82, 2.24) is 0 Å². The molecule has 0 saturated heterocycles. The van der Waals surface area contributed by atoms with E-state index in [0.29, 0.717) is 19.3 Å². The summed E-state index contributed by atoms with van der Waals surface area (Å²) in [5.74, 6) is -0.908. The lowest BCUT2D eigenvalue weighted by molar-refractivity contribution is -0.167. The van der Waals surface area contributed by atoms with Crippen LogP contribution < -0.4 is 0 Å². The van der Waals surface area contributed by atoms with E-state index in [2.05, 4.69) is 106 Å². The van der Waals surface area contributed by atoms with Gasteiger partial charge >= 0.3 is 17.9 Å². The minimum atomic E-state index is -0.790. The maximum Gasteiger partial charge on any atom is 0.306 e. The Morgan fingerprint density at radius 2 is 0.556 bits per heavy atom. The number of ether oxygens (including phenoxy) is 3. The molecule has 0 heterocycles. The number of carbonyl (C=O) groups excluding carboxylic acids is 3. The van der Waals surface area contributed by atoms with Crippen LogP contribution in [-0.2, 0) is 28.6 Å². The molecule has 0 aromatic heterocycles. The van der Waals surface area contributed by atoms with Gasteiger partial charge < -0.3 is 14.2 Å². The minimum Gasteiger partial charge on any atom is -0.462 e. The quantitative estimate of drug-likeness (QED) is 0.0261. The molecular formula is C66H114O6. The Morgan fingerprint density at radius 3 is 0.889 bits per heavy atom. The monoisotopic (exact) mass is 1000 g/mol. The summed E-state index contributed by atoms with van der Waals surface area (Å²) in [5.41, 5.74) is 0. The van der Waals surface area contributed by atoms with Gasteiger partial charge in [-0.1, -0.05) is 273 Å². The molecule has 0 fully saturated rings. The molecule has 6 nitrogen and oxygen atoms in total. The average Bonchev–Trinajstić information content (AvgIpc) is 3.38. The lowest BCUT2D eigenvalue weighted by Crippen LogP contribution is -2.30. The first-order valence-electron chi connectivity index (χ1n) is 30.6. The molecule has 0 saturated carbocycles. The van der Waals surface area contributed by atoms with E-state index in [9.17, 15) is 14.4 Å². The van der Waals surface area contributed by atoms with E-state index in [0.717, 1.165) is 135 Å². The van der Waals surface area contributed by atoms with Gasteiger partial charge in [0.25, 0.3) is 0 Å². The Balaban J connectivity index is 4.40. The SMILES string of the molecule is CC/C=C\C/C=C\C/C=C\C/C=C\C/C=C\CCCCCCCC(=O)OCC(COC(=O)CCCCCCC/C=C\C/C=C\CCCC)OC(=O)CCCCCCCCCCCCCCCCCCCCC. The molecule has 0 amide bonds. The van der Waals surface area contributed by atoms with Crippen LogP contribution in [0.4, 0.5) is 0 Å². The summed E-state index contributed by atoms with van der Waals surface area (Å²) in [6.45, 7) is 6.49. The lowest BCUT2D eigenvalue weighted by Gasteiger charge is -2.18. The largest absolute Gasteiger partial charge is 0.462 e. The van der Waals surface area contributed by atoms with E-state index >= 15 is 0 Å². The molecule has 0 N–H and O–H groups in total. The lowest BCUT2D eigenvalue weighted by atomic mass is 10.0. The third-order valence-electron chi connectivity index (χ3n) is 13.1. The fourth-order valence-corrected chi connectivity index (χ4v) is 8.55. The zero-order valence-electron chi connectivity index (χ0n) is 47.4. The van der Waals surface area contributed by atoms with Crippen LogP contribution in [-0.4, -0.2) is 37.2 Å². The standard InChI is InChI=1S/C66H114O6/c1-4-7-10-13-16-19-22-25-28-30-32-33-35-36-38-41-44-47-50-53-56-59-65(68)71-62-63(61-70-64(67)58-55-52-49-46-43-40-27-24-21-18-15-12-9-6-3)72-66(69)60-57-54-51-48-45-42-39-37-34-31-29-26-23-20-17-14-11-8-5-2/h7,10,15-16,18-19,24-25,27-28,32-33,36,38,63H,4-6,8-9,11-14,17,20-23,26,29-31,34-35,37,39-62H2,1-3H3/b10-7-,18-15-,19-16-,27-24-,28-25-,33-32-,38-36-. The van der Waals surface area contributed by atoms with Gasteiger partial charge in [-0.15, -0.1) is 0 Å². The van der Waals surface area contributed by atoms with Gasteiger partial charge in [-0.05, 0) is 89.9 Å². The molecular weight excluding hydrogens is 889 g/mol. The van der Waals surface area contributed by atoms with Crippen LogP contribution in [0.1, 0.15) is 297 Å². The second-order valence-corrected chi connectivity index (χ2v) is 20.2. The molecule has 1 unspecified atom stereocenters. The predicted octanol–water partition coefficient (Wildman–Crippen LogP) is 20.7. The highest BCUT2D eigenvalue weighted by Gasteiger charge is 2.19. The van der Waals surface area contributed by atoms with Crippen LogP contribution in [0, 0.1) is 0 Å². The van der Waals surface area contributed by atoms with Gasteiger partial charge in [0.1, 0.15) is 13.2 Å². The smallest absolute Gasteiger partial charge is 0.306 e. The second-order valence-electron chi connectivity index (χ2n) is 20.2. The summed E-state index contributed by atoms with van der Waals surface area (Å²) >= 11 is 0. The highest BCUT2D eigenvalue weighted by Crippen LogP contribution is 2.16. The van der Waals surface area contributed by atoms with Crippen molar-refractivity contribution in [3.8, 4) is 0 Å². The van der Waals surface area contributed by atoms with E-state index in [1.807, 2.05) is 0 Å². The van der Waals surface area contributed by atoms with Crippen LogP contribution in [0.3, 0.4) is 0 Å². The van der Waals surface area contributed by atoms with Crippen LogP contribution in [0.5, 0.6) is 0 Å². The molecule has 0 radical (unpaired) electrons. The summed E-state index contributed by atoms with van der Waals surface area (Å²) < 4.78 is 16.9. The predicted molar refractivity (Wildman–Crippen MR) is 311 cm³/mol. The Morgan fingerprint density at radius 1 is 0.292 bits per heavy atom. The Bertz CT molecular complexity index is 1380. The number of esters is 3. The molecule has 0 aromatic carbocycles. The summed E-state index contributed by atoms with van der Waals surface area (Å²) in [6.07, 6.45) is 78.6. The van der Waals surface area contributed by atoms with E-state index in [-0.39, 0.29) is 31.1 Å². The van der Waals surface area contributed by atoms with Crippen molar-refractivity contribution >= 4 is 17.9 Å². The number of hydrogen-bond donors (Lipinski definition) is 0. The van der Waals surface area contributed by atoms with Crippen molar-refractivity contribution in [2.24, 2.45) is 0 Å². The van der Waals surface area contributed by atoms with E-state index in [1.165, 1.54) is 122 Å².